The first kappa shape index (κ1) is 19.2. The van der Waals surface area contributed by atoms with Crippen molar-refractivity contribution in [3.63, 3.8) is 0 Å². The summed E-state index contributed by atoms with van der Waals surface area (Å²) in [4.78, 5) is 8.35. The van der Waals surface area contributed by atoms with E-state index in [-0.39, 0.29) is 19.0 Å². The van der Waals surface area contributed by atoms with E-state index in [1.165, 1.54) is 19.4 Å². The number of halogens is 3. The fraction of sp³-hybridized carbons (Fsp3) is 0.158. The third kappa shape index (κ3) is 4.59. The van der Waals surface area contributed by atoms with Crippen LogP contribution in [0.25, 0.3) is 10.8 Å². The molecule has 0 radical (unpaired) electrons. The highest BCUT2D eigenvalue weighted by Crippen LogP contribution is 2.35. The van der Waals surface area contributed by atoms with E-state index >= 15 is 0 Å². The fourth-order valence-electron chi connectivity index (χ4n) is 2.42. The van der Waals surface area contributed by atoms with Crippen LogP contribution in [0.5, 0.6) is 11.5 Å². The number of hydrogen-bond donors (Lipinski definition) is 0. The number of hydrogen-bond acceptors (Lipinski definition) is 5. The zero-order valence-corrected chi connectivity index (χ0v) is 15.8. The zero-order chi connectivity index (χ0) is 19.2. The van der Waals surface area contributed by atoms with Gasteiger partial charge in [0.05, 0.1) is 22.0 Å². The van der Waals surface area contributed by atoms with E-state index in [9.17, 15) is 4.39 Å². The molecule has 0 saturated heterocycles. The summed E-state index contributed by atoms with van der Waals surface area (Å²) in [6.07, 6.45) is 1.37. The summed E-state index contributed by atoms with van der Waals surface area (Å²) in [6, 6.07) is 12.1. The van der Waals surface area contributed by atoms with Gasteiger partial charge in [0.2, 0.25) is 0 Å². The Balaban J connectivity index is 1.72. The van der Waals surface area contributed by atoms with Gasteiger partial charge in [-0.15, -0.1) is 0 Å². The van der Waals surface area contributed by atoms with Gasteiger partial charge in [-0.3, -0.25) is 0 Å². The van der Waals surface area contributed by atoms with Gasteiger partial charge in [-0.1, -0.05) is 40.5 Å². The lowest BCUT2D eigenvalue weighted by molar-refractivity contribution is 0.212. The molecule has 3 aromatic rings. The molecule has 0 bridgehead atoms. The minimum atomic E-state index is -0.727. The molecule has 0 spiro atoms. The molecule has 27 heavy (non-hydrogen) atoms. The number of oxime groups is 1. The lowest BCUT2D eigenvalue weighted by Gasteiger charge is -2.11. The summed E-state index contributed by atoms with van der Waals surface area (Å²) >= 11 is 12.3. The molecule has 3 rings (SSSR count). The van der Waals surface area contributed by atoms with Gasteiger partial charge in [-0.05, 0) is 30.3 Å². The number of nitrogens with zero attached hydrogens (tertiary/aromatic N) is 2. The third-order valence-corrected chi connectivity index (χ3v) is 4.47. The molecular weight excluding hydrogens is 394 g/mol. The van der Waals surface area contributed by atoms with E-state index in [0.717, 1.165) is 10.8 Å². The largest absolute Gasteiger partial charge is 0.487 e. The number of rotatable bonds is 7. The zero-order valence-electron chi connectivity index (χ0n) is 14.3. The van der Waals surface area contributed by atoms with Crippen molar-refractivity contribution in [3.8, 4) is 11.5 Å². The van der Waals surface area contributed by atoms with E-state index in [2.05, 4.69) is 15.0 Å². The summed E-state index contributed by atoms with van der Waals surface area (Å²) in [5.41, 5.74) is 0.419. The monoisotopic (exact) mass is 408 g/mol. The van der Waals surface area contributed by atoms with Gasteiger partial charge in [0.1, 0.15) is 26.1 Å². The lowest BCUT2D eigenvalue weighted by atomic mass is 10.1. The van der Waals surface area contributed by atoms with Gasteiger partial charge in [-0.2, -0.15) is 4.39 Å². The molecule has 5 nitrogen and oxygen atoms in total. The highest BCUT2D eigenvalue weighted by Gasteiger charge is 2.10. The van der Waals surface area contributed by atoms with Crippen LogP contribution < -0.4 is 9.47 Å². The molecule has 0 fully saturated rings. The van der Waals surface area contributed by atoms with E-state index in [1.54, 1.807) is 18.2 Å². The Kier molecular flexibility index (Phi) is 6.32. The molecule has 0 amide bonds. The van der Waals surface area contributed by atoms with Crippen molar-refractivity contribution in [2.75, 3.05) is 13.7 Å². The SMILES string of the molecule is CO/N=C/COc1ccc(COc2cccc3c(Cl)c(Cl)ccc23)nc1F. The maximum atomic E-state index is 14.0. The van der Waals surface area contributed by atoms with Crippen molar-refractivity contribution < 1.29 is 18.7 Å². The number of pyridine rings is 1. The van der Waals surface area contributed by atoms with Crippen molar-refractivity contribution in [2.45, 2.75) is 6.61 Å². The molecule has 1 aromatic heterocycles. The molecule has 0 atom stereocenters. The molecule has 0 aliphatic heterocycles. The summed E-state index contributed by atoms with van der Waals surface area (Å²) in [5.74, 6) is -0.105. The topological polar surface area (TPSA) is 52.9 Å². The van der Waals surface area contributed by atoms with Crippen molar-refractivity contribution in [2.24, 2.45) is 5.16 Å². The first-order valence-electron chi connectivity index (χ1n) is 7.93. The van der Waals surface area contributed by atoms with Crippen LogP contribution in [0.15, 0.2) is 47.6 Å². The average molecular weight is 409 g/mol. The minimum absolute atomic E-state index is 0.0212. The number of aromatic nitrogens is 1. The Morgan fingerprint density at radius 2 is 1.89 bits per heavy atom. The smallest absolute Gasteiger partial charge is 0.255 e. The third-order valence-electron chi connectivity index (χ3n) is 3.65. The van der Waals surface area contributed by atoms with E-state index in [4.69, 9.17) is 32.7 Å². The van der Waals surface area contributed by atoms with Crippen LogP contribution >= 0.6 is 23.2 Å². The second-order valence-electron chi connectivity index (χ2n) is 5.37. The van der Waals surface area contributed by atoms with E-state index in [0.29, 0.717) is 21.5 Å². The molecule has 8 heteroatoms. The Labute approximate surface area is 165 Å². The van der Waals surface area contributed by atoms with Gasteiger partial charge in [0, 0.05) is 10.8 Å². The summed E-state index contributed by atoms with van der Waals surface area (Å²) < 4.78 is 25.0. The Hall–Kier alpha value is -2.57. The normalized spacial score (nSPS) is 11.1. The van der Waals surface area contributed by atoms with Gasteiger partial charge < -0.3 is 14.3 Å². The van der Waals surface area contributed by atoms with E-state index < -0.39 is 5.95 Å². The minimum Gasteiger partial charge on any atom is -0.487 e. The average Bonchev–Trinajstić information content (AvgIpc) is 2.68. The first-order chi connectivity index (χ1) is 13.1. The van der Waals surface area contributed by atoms with Crippen molar-refractivity contribution in [1.82, 2.24) is 4.98 Å². The number of ether oxygens (including phenoxy) is 2. The lowest BCUT2D eigenvalue weighted by Crippen LogP contribution is -2.05. The Morgan fingerprint density at radius 1 is 1.04 bits per heavy atom. The molecule has 0 aliphatic rings. The van der Waals surface area contributed by atoms with Gasteiger partial charge >= 0.3 is 0 Å². The maximum Gasteiger partial charge on any atom is 0.255 e. The van der Waals surface area contributed by atoms with Crippen LogP contribution in [-0.4, -0.2) is 24.9 Å². The molecule has 2 aromatic carbocycles. The molecule has 0 saturated carbocycles. The Morgan fingerprint density at radius 3 is 2.67 bits per heavy atom. The fourth-order valence-corrected chi connectivity index (χ4v) is 2.81. The second kappa shape index (κ2) is 8.88. The van der Waals surface area contributed by atoms with Gasteiger partial charge in [-0.25, -0.2) is 4.98 Å². The van der Waals surface area contributed by atoms with Crippen molar-refractivity contribution in [3.05, 3.63) is 64.2 Å². The number of fused-ring (bicyclic) bond motifs is 1. The van der Waals surface area contributed by atoms with Crippen LogP contribution in [0.1, 0.15) is 5.69 Å². The molecule has 0 N–H and O–H groups in total. The van der Waals surface area contributed by atoms with Crippen LogP contribution in [0.4, 0.5) is 4.39 Å². The Bertz CT molecular complexity index is 983. The van der Waals surface area contributed by atoms with Crippen LogP contribution in [0.3, 0.4) is 0 Å². The molecule has 1 heterocycles. The molecular formula is C19H15Cl2FN2O3. The summed E-state index contributed by atoms with van der Waals surface area (Å²) in [6.45, 7) is 0.156. The summed E-state index contributed by atoms with van der Waals surface area (Å²) in [7, 11) is 1.41. The highest BCUT2D eigenvalue weighted by atomic mass is 35.5. The predicted octanol–water partition coefficient (Wildman–Crippen LogP) is 5.27. The van der Waals surface area contributed by atoms with Crippen molar-refractivity contribution >= 4 is 40.2 Å². The molecule has 0 aliphatic carbocycles. The predicted molar refractivity (Wildman–Crippen MR) is 103 cm³/mol. The molecule has 140 valence electrons. The standard InChI is InChI=1S/C19H15Cl2FN2O3/c1-25-23-9-10-26-17-8-5-12(24-19(17)22)11-27-16-4-2-3-14-13(16)6-7-15(20)18(14)21/h2-9H,10-11H2,1H3/b23-9+. The van der Waals surface area contributed by atoms with Crippen LogP contribution in [0, 0.1) is 5.95 Å². The van der Waals surface area contributed by atoms with Crippen LogP contribution in [-0.2, 0) is 11.4 Å². The first-order valence-corrected chi connectivity index (χ1v) is 8.68. The van der Waals surface area contributed by atoms with E-state index in [1.807, 2.05) is 18.2 Å². The summed E-state index contributed by atoms with van der Waals surface area (Å²) in [5, 5.41) is 6.02. The van der Waals surface area contributed by atoms with Gasteiger partial charge in [0.25, 0.3) is 5.95 Å². The van der Waals surface area contributed by atoms with Crippen molar-refractivity contribution in [1.29, 1.82) is 0 Å². The number of benzene rings is 2. The quantitative estimate of drug-likeness (QED) is 0.303. The maximum absolute atomic E-state index is 14.0. The second-order valence-corrected chi connectivity index (χ2v) is 6.16. The van der Waals surface area contributed by atoms with Gasteiger partial charge in [0.15, 0.2) is 5.75 Å². The highest BCUT2D eigenvalue weighted by molar-refractivity contribution is 6.45. The molecule has 0 unspecified atom stereocenters. The van der Waals surface area contributed by atoms with Crippen LogP contribution in [0.2, 0.25) is 10.0 Å².